The van der Waals surface area contributed by atoms with Crippen molar-refractivity contribution in [3.8, 4) is 0 Å². The standard InChI is InChI=1S/C16H17N3O5/c1-3-23-14(21)11(15(22)24-4-2)9-17-16-18-12-8-6-5-7-10(12)13(20)19-16/h5-9H,3-4H2,1-2H3,(H2,17,18,19,20). The first-order valence-electron chi connectivity index (χ1n) is 7.36. The average molecular weight is 331 g/mol. The number of aromatic nitrogens is 2. The molecular weight excluding hydrogens is 314 g/mol. The van der Waals surface area contributed by atoms with Gasteiger partial charge in [-0.25, -0.2) is 14.6 Å². The molecule has 0 bridgehead atoms. The van der Waals surface area contributed by atoms with Crippen LogP contribution in [0.3, 0.4) is 0 Å². The number of para-hydroxylation sites is 1. The molecule has 0 saturated carbocycles. The highest BCUT2D eigenvalue weighted by Crippen LogP contribution is 2.09. The SMILES string of the molecule is CCOC(=O)C(=CNc1nc2ccccc2c(=O)[nH]1)C(=O)OCC. The molecule has 8 heteroatoms. The number of carbonyl (C=O) groups excluding carboxylic acids is 2. The molecule has 24 heavy (non-hydrogen) atoms. The molecule has 2 N–H and O–H groups in total. The highest BCUT2D eigenvalue weighted by atomic mass is 16.6. The van der Waals surface area contributed by atoms with Crippen molar-refractivity contribution in [1.82, 2.24) is 9.97 Å². The molecule has 2 rings (SSSR count). The van der Waals surface area contributed by atoms with Gasteiger partial charge in [-0.1, -0.05) is 12.1 Å². The average Bonchev–Trinajstić information content (AvgIpc) is 2.55. The quantitative estimate of drug-likeness (QED) is 0.356. The summed E-state index contributed by atoms with van der Waals surface area (Å²) in [5.41, 5.74) is -0.189. The molecule has 0 aliphatic rings. The number of aromatic amines is 1. The number of rotatable bonds is 6. The van der Waals surface area contributed by atoms with Gasteiger partial charge in [0.25, 0.3) is 5.56 Å². The number of hydrogen-bond acceptors (Lipinski definition) is 7. The summed E-state index contributed by atoms with van der Waals surface area (Å²) in [6.07, 6.45) is 1.10. The molecule has 2 aromatic rings. The smallest absolute Gasteiger partial charge is 0.347 e. The maximum Gasteiger partial charge on any atom is 0.347 e. The number of H-pyrrole nitrogens is 1. The van der Waals surface area contributed by atoms with Gasteiger partial charge in [-0.3, -0.25) is 9.78 Å². The lowest BCUT2D eigenvalue weighted by atomic mass is 10.2. The minimum Gasteiger partial charge on any atom is -0.462 e. The molecule has 0 fully saturated rings. The second kappa shape index (κ2) is 7.91. The number of esters is 2. The largest absolute Gasteiger partial charge is 0.462 e. The van der Waals surface area contributed by atoms with Crippen molar-refractivity contribution in [3.63, 3.8) is 0 Å². The van der Waals surface area contributed by atoms with E-state index < -0.39 is 11.9 Å². The molecular formula is C16H17N3O5. The second-order valence-corrected chi connectivity index (χ2v) is 4.57. The van der Waals surface area contributed by atoms with E-state index in [1.807, 2.05) is 0 Å². The first kappa shape index (κ1) is 17.2. The van der Waals surface area contributed by atoms with Crippen molar-refractivity contribution < 1.29 is 19.1 Å². The van der Waals surface area contributed by atoms with Crippen LogP contribution in [-0.2, 0) is 19.1 Å². The Kier molecular flexibility index (Phi) is 5.67. The molecule has 1 aromatic heterocycles. The Labute approximate surface area is 137 Å². The van der Waals surface area contributed by atoms with Crippen molar-refractivity contribution in [2.24, 2.45) is 0 Å². The third kappa shape index (κ3) is 3.97. The van der Waals surface area contributed by atoms with E-state index in [1.54, 1.807) is 38.1 Å². The summed E-state index contributed by atoms with van der Waals surface area (Å²) in [4.78, 5) is 42.4. The first-order valence-corrected chi connectivity index (χ1v) is 7.36. The fourth-order valence-electron chi connectivity index (χ4n) is 1.91. The fourth-order valence-corrected chi connectivity index (χ4v) is 1.91. The maximum atomic E-state index is 12.0. The summed E-state index contributed by atoms with van der Waals surface area (Å²) in [5, 5.41) is 3.06. The zero-order valence-corrected chi connectivity index (χ0v) is 13.3. The van der Waals surface area contributed by atoms with Crippen LogP contribution in [0.25, 0.3) is 10.9 Å². The number of hydrogen-bond donors (Lipinski definition) is 2. The van der Waals surface area contributed by atoms with Gasteiger partial charge in [0, 0.05) is 6.20 Å². The lowest BCUT2D eigenvalue weighted by Crippen LogP contribution is -2.20. The van der Waals surface area contributed by atoms with Crippen molar-refractivity contribution in [1.29, 1.82) is 0 Å². The summed E-state index contributed by atoms with van der Waals surface area (Å²) >= 11 is 0. The number of nitrogens with one attached hydrogen (secondary N) is 2. The van der Waals surface area contributed by atoms with E-state index in [1.165, 1.54) is 0 Å². The van der Waals surface area contributed by atoms with E-state index in [0.717, 1.165) is 6.20 Å². The number of carbonyl (C=O) groups is 2. The molecule has 8 nitrogen and oxygen atoms in total. The third-order valence-electron chi connectivity index (χ3n) is 2.96. The molecule has 1 heterocycles. The van der Waals surface area contributed by atoms with Crippen LogP contribution in [0, 0.1) is 0 Å². The van der Waals surface area contributed by atoms with Gasteiger partial charge in [0.05, 0.1) is 24.1 Å². The Hall–Kier alpha value is -3.16. The second-order valence-electron chi connectivity index (χ2n) is 4.57. The molecule has 0 amide bonds. The van der Waals surface area contributed by atoms with E-state index in [9.17, 15) is 14.4 Å². The summed E-state index contributed by atoms with van der Waals surface area (Å²) in [6.45, 7) is 3.47. The Morgan fingerprint density at radius 3 is 2.42 bits per heavy atom. The Morgan fingerprint density at radius 1 is 1.17 bits per heavy atom. The van der Waals surface area contributed by atoms with Crippen LogP contribution in [0.5, 0.6) is 0 Å². The summed E-state index contributed by atoms with van der Waals surface area (Å²) in [6, 6.07) is 6.80. The predicted molar refractivity (Wildman–Crippen MR) is 87.3 cm³/mol. The van der Waals surface area contributed by atoms with Crippen LogP contribution < -0.4 is 10.9 Å². The molecule has 0 spiro atoms. The van der Waals surface area contributed by atoms with Gasteiger partial charge in [0.15, 0.2) is 5.57 Å². The molecule has 0 radical (unpaired) electrons. The molecule has 0 unspecified atom stereocenters. The van der Waals surface area contributed by atoms with Crippen molar-refractivity contribution in [2.45, 2.75) is 13.8 Å². The fraction of sp³-hybridized carbons (Fsp3) is 0.250. The summed E-state index contributed by atoms with van der Waals surface area (Å²) in [5.74, 6) is -1.57. The van der Waals surface area contributed by atoms with E-state index in [-0.39, 0.29) is 30.3 Å². The van der Waals surface area contributed by atoms with Crippen LogP contribution in [-0.4, -0.2) is 35.1 Å². The highest BCUT2D eigenvalue weighted by molar-refractivity contribution is 6.14. The molecule has 1 aromatic carbocycles. The van der Waals surface area contributed by atoms with Gasteiger partial charge in [0.2, 0.25) is 5.95 Å². The van der Waals surface area contributed by atoms with Crippen LogP contribution in [0.2, 0.25) is 0 Å². The van der Waals surface area contributed by atoms with Crippen LogP contribution in [0.4, 0.5) is 5.95 Å². The van der Waals surface area contributed by atoms with Crippen LogP contribution in [0.15, 0.2) is 40.8 Å². The van der Waals surface area contributed by atoms with Crippen molar-refractivity contribution in [3.05, 3.63) is 46.4 Å². The Balaban J connectivity index is 2.32. The van der Waals surface area contributed by atoms with Gasteiger partial charge >= 0.3 is 11.9 Å². The van der Waals surface area contributed by atoms with Gasteiger partial charge in [-0.2, -0.15) is 0 Å². The predicted octanol–water partition coefficient (Wildman–Crippen LogP) is 1.35. The van der Waals surface area contributed by atoms with E-state index in [4.69, 9.17) is 9.47 Å². The van der Waals surface area contributed by atoms with E-state index in [0.29, 0.717) is 10.9 Å². The molecule has 0 saturated heterocycles. The maximum absolute atomic E-state index is 12.0. The molecule has 0 aliphatic heterocycles. The lowest BCUT2D eigenvalue weighted by molar-refractivity contribution is -0.146. The minimum atomic E-state index is -0.827. The van der Waals surface area contributed by atoms with Gasteiger partial charge < -0.3 is 14.8 Å². The minimum absolute atomic E-state index is 0.0878. The van der Waals surface area contributed by atoms with Crippen LogP contribution >= 0.6 is 0 Å². The van der Waals surface area contributed by atoms with Crippen molar-refractivity contribution in [2.75, 3.05) is 18.5 Å². The summed E-state index contributed by atoms with van der Waals surface area (Å²) < 4.78 is 9.63. The molecule has 126 valence electrons. The summed E-state index contributed by atoms with van der Waals surface area (Å²) in [7, 11) is 0. The molecule has 0 aliphatic carbocycles. The topological polar surface area (TPSA) is 110 Å². The van der Waals surface area contributed by atoms with Gasteiger partial charge in [-0.15, -0.1) is 0 Å². The Bertz CT molecular complexity index is 821. The first-order chi connectivity index (χ1) is 11.6. The Morgan fingerprint density at radius 2 is 1.79 bits per heavy atom. The molecule has 0 atom stereocenters. The van der Waals surface area contributed by atoms with Crippen LogP contribution in [0.1, 0.15) is 13.8 Å². The monoisotopic (exact) mass is 331 g/mol. The lowest BCUT2D eigenvalue weighted by Gasteiger charge is -2.07. The number of fused-ring (bicyclic) bond motifs is 1. The number of ether oxygens (including phenoxy) is 2. The number of nitrogens with zero attached hydrogens (tertiary/aromatic N) is 1. The third-order valence-corrected chi connectivity index (χ3v) is 2.96. The van der Waals surface area contributed by atoms with E-state index in [2.05, 4.69) is 15.3 Å². The van der Waals surface area contributed by atoms with E-state index >= 15 is 0 Å². The highest BCUT2D eigenvalue weighted by Gasteiger charge is 2.21. The number of benzene rings is 1. The number of anilines is 1. The normalized spacial score (nSPS) is 10.1. The zero-order chi connectivity index (χ0) is 17.5. The van der Waals surface area contributed by atoms with Crippen molar-refractivity contribution >= 4 is 28.8 Å². The van der Waals surface area contributed by atoms with Gasteiger partial charge in [-0.05, 0) is 26.0 Å². The van der Waals surface area contributed by atoms with Gasteiger partial charge in [0.1, 0.15) is 0 Å². The zero-order valence-electron chi connectivity index (χ0n) is 13.3.